The van der Waals surface area contributed by atoms with Crippen molar-refractivity contribution in [2.45, 2.75) is 25.9 Å². The Kier molecular flexibility index (Phi) is 6.88. The minimum Gasteiger partial charge on any atom is -0.345 e. The van der Waals surface area contributed by atoms with Crippen molar-refractivity contribution in [3.8, 4) is 0 Å². The number of amides is 2. The molecule has 2 heterocycles. The molecule has 2 aliphatic rings. The zero-order valence-electron chi connectivity index (χ0n) is 19.7. The molecule has 0 aliphatic carbocycles. The van der Waals surface area contributed by atoms with E-state index in [1.54, 1.807) is 38.2 Å². The van der Waals surface area contributed by atoms with E-state index in [0.29, 0.717) is 23.0 Å². The lowest BCUT2D eigenvalue weighted by Gasteiger charge is -2.37. The zero-order chi connectivity index (χ0) is 24.4. The molecule has 0 aromatic heterocycles. The third-order valence-electron chi connectivity index (χ3n) is 5.84. The number of likely N-dealkylation sites (N-methyl/N-ethyl adjacent to an activating group) is 1. The highest BCUT2D eigenvalue weighted by Gasteiger charge is 2.41. The fraction of sp³-hybridized carbons (Fsp3) is 0.269. The fourth-order valence-corrected chi connectivity index (χ4v) is 5.04. The minimum absolute atomic E-state index is 0.0402. The average Bonchev–Trinajstić information content (AvgIpc) is 3.20. The van der Waals surface area contributed by atoms with Crippen molar-refractivity contribution in [3.63, 3.8) is 0 Å². The number of aliphatic imine (C=N–C) groups is 1. The van der Waals surface area contributed by atoms with Gasteiger partial charge in [-0.15, -0.1) is 0 Å². The number of thioether (sulfide) groups is 1. The van der Waals surface area contributed by atoms with Gasteiger partial charge in [-0.05, 0) is 35.6 Å². The molecule has 0 fully saturated rings. The lowest BCUT2D eigenvalue weighted by Crippen LogP contribution is -2.40. The Morgan fingerprint density at radius 1 is 1.06 bits per heavy atom. The SMILES string of the molecule is CC1=C(C(=O)N(C)C)C(c2ccc(F)cc2)N2C(CC(=O)N(C)Cc3ccccc3)=CSC2=N1. The van der Waals surface area contributed by atoms with Gasteiger partial charge in [-0.2, -0.15) is 0 Å². The molecule has 2 aliphatic heterocycles. The number of carbonyl (C=O) groups is 2. The molecule has 0 saturated heterocycles. The Morgan fingerprint density at radius 3 is 2.38 bits per heavy atom. The normalized spacial score (nSPS) is 17.2. The van der Waals surface area contributed by atoms with Crippen LogP contribution in [0, 0.1) is 5.82 Å². The van der Waals surface area contributed by atoms with Gasteiger partial charge < -0.3 is 14.7 Å². The largest absolute Gasteiger partial charge is 0.345 e. The quantitative estimate of drug-likeness (QED) is 0.612. The van der Waals surface area contributed by atoms with Gasteiger partial charge in [0.15, 0.2) is 5.17 Å². The van der Waals surface area contributed by atoms with Gasteiger partial charge in [-0.3, -0.25) is 9.59 Å². The van der Waals surface area contributed by atoms with Crippen LogP contribution in [0.1, 0.15) is 30.5 Å². The summed E-state index contributed by atoms with van der Waals surface area (Å²) >= 11 is 1.43. The zero-order valence-corrected chi connectivity index (χ0v) is 20.5. The average molecular weight is 479 g/mol. The lowest BCUT2D eigenvalue weighted by molar-refractivity contribution is -0.129. The van der Waals surface area contributed by atoms with Crippen molar-refractivity contribution < 1.29 is 14.0 Å². The standard InChI is InChI=1S/C26H27FN4O2S/c1-17-23(25(33)29(2)3)24(19-10-12-20(27)13-11-19)31-21(16-34-26(31)28-17)14-22(32)30(4)15-18-8-6-5-7-9-18/h5-13,16,24H,14-15H2,1-4H3. The van der Waals surface area contributed by atoms with Crippen molar-refractivity contribution in [3.05, 3.63) is 93.9 Å². The van der Waals surface area contributed by atoms with Gasteiger partial charge in [0.1, 0.15) is 5.82 Å². The van der Waals surface area contributed by atoms with Crippen LogP contribution in [0.2, 0.25) is 0 Å². The van der Waals surface area contributed by atoms with E-state index in [0.717, 1.165) is 16.8 Å². The Labute approximate surface area is 203 Å². The maximum absolute atomic E-state index is 13.7. The molecule has 0 radical (unpaired) electrons. The third-order valence-corrected chi connectivity index (χ3v) is 6.73. The van der Waals surface area contributed by atoms with Gasteiger partial charge in [0.25, 0.3) is 5.91 Å². The topological polar surface area (TPSA) is 56.2 Å². The van der Waals surface area contributed by atoms with E-state index < -0.39 is 6.04 Å². The van der Waals surface area contributed by atoms with Crippen LogP contribution in [0.3, 0.4) is 0 Å². The molecule has 6 nitrogen and oxygen atoms in total. The number of hydrogen-bond acceptors (Lipinski definition) is 5. The number of fused-ring (bicyclic) bond motifs is 1. The number of carbonyl (C=O) groups excluding carboxylic acids is 2. The maximum atomic E-state index is 13.7. The lowest BCUT2D eigenvalue weighted by atomic mass is 9.93. The maximum Gasteiger partial charge on any atom is 0.253 e. The first-order chi connectivity index (χ1) is 16.3. The number of rotatable bonds is 6. The minimum atomic E-state index is -0.503. The van der Waals surface area contributed by atoms with Crippen molar-refractivity contribution in [1.82, 2.24) is 14.7 Å². The first-order valence-electron chi connectivity index (χ1n) is 11.0. The molecule has 0 saturated carbocycles. The van der Waals surface area contributed by atoms with Crippen molar-refractivity contribution in [2.24, 2.45) is 4.99 Å². The fourth-order valence-electron chi connectivity index (χ4n) is 4.08. The van der Waals surface area contributed by atoms with Crippen LogP contribution in [0.4, 0.5) is 4.39 Å². The molecule has 176 valence electrons. The van der Waals surface area contributed by atoms with E-state index >= 15 is 0 Å². The Balaban J connectivity index is 1.64. The predicted octanol–water partition coefficient (Wildman–Crippen LogP) is 4.54. The second kappa shape index (κ2) is 9.85. The Morgan fingerprint density at radius 2 is 1.74 bits per heavy atom. The summed E-state index contributed by atoms with van der Waals surface area (Å²) < 4.78 is 13.7. The number of hydrogen-bond donors (Lipinski definition) is 0. The molecule has 2 aromatic rings. The summed E-state index contributed by atoms with van der Waals surface area (Å²) in [5.41, 5.74) is 3.71. The highest BCUT2D eigenvalue weighted by Crippen LogP contribution is 2.45. The van der Waals surface area contributed by atoms with E-state index in [2.05, 4.69) is 4.99 Å². The second-order valence-corrected chi connectivity index (χ2v) is 9.39. The molecule has 2 amide bonds. The Hall–Kier alpha value is -3.39. The smallest absolute Gasteiger partial charge is 0.253 e. The van der Waals surface area contributed by atoms with Crippen LogP contribution in [-0.2, 0) is 16.1 Å². The molecule has 0 spiro atoms. The summed E-state index contributed by atoms with van der Waals surface area (Å²) in [4.78, 5) is 36.1. The second-order valence-electron chi connectivity index (χ2n) is 8.56. The predicted molar refractivity (Wildman–Crippen MR) is 133 cm³/mol. The molecule has 0 bridgehead atoms. The molecule has 1 atom stereocenters. The van der Waals surface area contributed by atoms with Gasteiger partial charge in [0, 0.05) is 33.4 Å². The highest BCUT2D eigenvalue weighted by molar-refractivity contribution is 8.16. The van der Waals surface area contributed by atoms with Gasteiger partial charge in [0.05, 0.1) is 23.7 Å². The third kappa shape index (κ3) is 4.77. The van der Waals surface area contributed by atoms with E-state index in [-0.39, 0.29) is 24.1 Å². The molecular formula is C26H27FN4O2S. The first-order valence-corrected chi connectivity index (χ1v) is 11.8. The number of benzene rings is 2. The van der Waals surface area contributed by atoms with Crippen LogP contribution < -0.4 is 0 Å². The summed E-state index contributed by atoms with van der Waals surface area (Å²) in [6, 6.07) is 15.5. The van der Waals surface area contributed by atoms with Crippen molar-refractivity contribution in [2.75, 3.05) is 21.1 Å². The Bertz CT molecular complexity index is 1190. The van der Waals surface area contributed by atoms with Crippen molar-refractivity contribution in [1.29, 1.82) is 0 Å². The number of halogens is 1. The van der Waals surface area contributed by atoms with Crippen LogP contribution in [-0.4, -0.2) is 52.8 Å². The van der Waals surface area contributed by atoms with Gasteiger partial charge in [-0.1, -0.05) is 54.2 Å². The summed E-state index contributed by atoms with van der Waals surface area (Å²) in [5.74, 6) is -0.557. The van der Waals surface area contributed by atoms with Crippen LogP contribution in [0.25, 0.3) is 0 Å². The van der Waals surface area contributed by atoms with E-state index in [9.17, 15) is 14.0 Å². The number of allylic oxidation sites excluding steroid dienone is 1. The molecule has 4 rings (SSSR count). The summed E-state index contributed by atoms with van der Waals surface area (Å²) in [6.07, 6.45) is 0.162. The molecule has 2 aromatic carbocycles. The number of nitrogens with zero attached hydrogens (tertiary/aromatic N) is 4. The molecule has 1 unspecified atom stereocenters. The van der Waals surface area contributed by atoms with E-state index in [1.807, 2.05) is 47.6 Å². The monoisotopic (exact) mass is 478 g/mol. The molecule has 34 heavy (non-hydrogen) atoms. The van der Waals surface area contributed by atoms with Crippen LogP contribution in [0.15, 0.2) is 82.0 Å². The number of amidine groups is 1. The van der Waals surface area contributed by atoms with Crippen LogP contribution in [0.5, 0.6) is 0 Å². The summed E-state index contributed by atoms with van der Waals surface area (Å²) in [6.45, 7) is 2.32. The first kappa shape index (κ1) is 23.8. The van der Waals surface area contributed by atoms with Gasteiger partial charge in [0.2, 0.25) is 5.91 Å². The van der Waals surface area contributed by atoms with E-state index in [4.69, 9.17) is 0 Å². The summed E-state index contributed by atoms with van der Waals surface area (Å²) in [5, 5.41) is 2.62. The molecular weight excluding hydrogens is 451 g/mol. The van der Waals surface area contributed by atoms with Crippen molar-refractivity contribution >= 4 is 28.7 Å². The molecule has 0 N–H and O–H groups in total. The van der Waals surface area contributed by atoms with Gasteiger partial charge in [-0.25, -0.2) is 9.38 Å². The molecule has 8 heteroatoms. The summed E-state index contributed by atoms with van der Waals surface area (Å²) in [7, 11) is 5.17. The van der Waals surface area contributed by atoms with E-state index in [1.165, 1.54) is 28.8 Å². The highest BCUT2D eigenvalue weighted by atomic mass is 32.2. The van der Waals surface area contributed by atoms with Gasteiger partial charge >= 0.3 is 0 Å². The van der Waals surface area contributed by atoms with Crippen LogP contribution >= 0.6 is 11.8 Å².